The molecule has 0 atom stereocenters. The fourth-order valence-electron chi connectivity index (χ4n) is 1.46. The molecule has 0 fully saturated rings. The molecule has 0 spiro atoms. The molecule has 0 aliphatic carbocycles. The first-order valence-electron chi connectivity index (χ1n) is 6.72. The van der Waals surface area contributed by atoms with Gasteiger partial charge in [-0.2, -0.15) is 15.0 Å². The van der Waals surface area contributed by atoms with Gasteiger partial charge in [0, 0.05) is 33.3 Å². The summed E-state index contributed by atoms with van der Waals surface area (Å²) < 4.78 is 5.03. The Morgan fingerprint density at radius 3 is 2.35 bits per heavy atom. The van der Waals surface area contributed by atoms with Gasteiger partial charge < -0.3 is 20.3 Å². The normalized spacial score (nSPS) is 10.8. The summed E-state index contributed by atoms with van der Waals surface area (Å²) in [6, 6.07) is 0. The van der Waals surface area contributed by atoms with Crippen LogP contribution in [0.5, 0.6) is 0 Å². The average molecular weight is 303 g/mol. The predicted molar refractivity (Wildman–Crippen MR) is 81.5 cm³/mol. The highest BCUT2D eigenvalue weighted by atomic mass is 35.5. The number of rotatable bonds is 10. The minimum atomic E-state index is 0.189. The Morgan fingerprint density at radius 2 is 1.75 bits per heavy atom. The maximum absolute atomic E-state index is 5.87. The lowest BCUT2D eigenvalue weighted by molar-refractivity contribution is 0.163. The van der Waals surface area contributed by atoms with Gasteiger partial charge in [0.25, 0.3) is 0 Å². The van der Waals surface area contributed by atoms with Crippen molar-refractivity contribution in [2.75, 3.05) is 57.6 Å². The van der Waals surface area contributed by atoms with Crippen molar-refractivity contribution in [3.05, 3.63) is 5.28 Å². The van der Waals surface area contributed by atoms with E-state index in [9.17, 15) is 0 Å². The zero-order chi connectivity index (χ0) is 14.8. The van der Waals surface area contributed by atoms with Gasteiger partial charge >= 0.3 is 0 Å². The number of anilines is 2. The third kappa shape index (κ3) is 6.83. The third-order valence-electron chi connectivity index (χ3n) is 2.60. The van der Waals surface area contributed by atoms with E-state index in [1.54, 1.807) is 7.11 Å². The lowest BCUT2D eigenvalue weighted by Crippen LogP contribution is -2.28. The molecule has 0 aromatic carbocycles. The number of methoxy groups -OCH3 is 1. The summed E-state index contributed by atoms with van der Waals surface area (Å²) in [6.45, 7) is 6.08. The number of hydrogen-bond donors (Lipinski definition) is 2. The Hall–Kier alpha value is -1.18. The maximum atomic E-state index is 5.87. The topological polar surface area (TPSA) is 75.2 Å². The minimum Gasteiger partial charge on any atom is -0.383 e. The molecule has 1 rings (SSSR count). The first-order valence-corrected chi connectivity index (χ1v) is 7.10. The van der Waals surface area contributed by atoms with Crippen molar-refractivity contribution in [1.82, 2.24) is 19.9 Å². The fraction of sp³-hybridized carbons (Fsp3) is 0.750. The predicted octanol–water partition coefficient (Wildman–Crippen LogP) is 1.34. The van der Waals surface area contributed by atoms with Crippen LogP contribution in [0.4, 0.5) is 11.9 Å². The first-order chi connectivity index (χ1) is 9.65. The summed E-state index contributed by atoms with van der Waals surface area (Å²) in [7, 11) is 3.74. The molecule has 20 heavy (non-hydrogen) atoms. The molecule has 0 saturated heterocycles. The Labute approximate surface area is 125 Å². The Balaban J connectivity index is 2.40. The van der Waals surface area contributed by atoms with Crippen LogP contribution in [0.1, 0.15) is 13.3 Å². The molecular weight excluding hydrogens is 280 g/mol. The van der Waals surface area contributed by atoms with Crippen molar-refractivity contribution >= 4 is 23.5 Å². The van der Waals surface area contributed by atoms with E-state index >= 15 is 0 Å². The summed E-state index contributed by atoms with van der Waals surface area (Å²) in [6.07, 6.45) is 0.996. The number of nitrogens with one attached hydrogen (secondary N) is 2. The van der Waals surface area contributed by atoms with Crippen LogP contribution in [-0.4, -0.2) is 66.8 Å². The van der Waals surface area contributed by atoms with Crippen molar-refractivity contribution in [1.29, 1.82) is 0 Å². The second kappa shape index (κ2) is 9.68. The van der Waals surface area contributed by atoms with Gasteiger partial charge in [-0.1, -0.05) is 6.92 Å². The molecule has 0 bridgehead atoms. The van der Waals surface area contributed by atoms with Gasteiger partial charge in [0.2, 0.25) is 17.2 Å². The van der Waals surface area contributed by atoms with E-state index < -0.39 is 0 Å². The zero-order valence-corrected chi connectivity index (χ0v) is 13.1. The van der Waals surface area contributed by atoms with Crippen LogP contribution in [0.2, 0.25) is 5.28 Å². The number of halogens is 1. The SMILES string of the molecule is CCCNc1nc(Cl)nc(NCCN(C)CCOC)n1. The molecule has 8 heteroatoms. The Morgan fingerprint density at radius 1 is 1.10 bits per heavy atom. The first kappa shape index (κ1) is 16.9. The number of nitrogens with zero attached hydrogens (tertiary/aromatic N) is 4. The lowest BCUT2D eigenvalue weighted by atomic mass is 10.5. The van der Waals surface area contributed by atoms with Gasteiger partial charge in [-0.05, 0) is 25.1 Å². The zero-order valence-electron chi connectivity index (χ0n) is 12.3. The molecule has 0 aliphatic heterocycles. The van der Waals surface area contributed by atoms with Crippen LogP contribution in [0, 0.1) is 0 Å². The number of ether oxygens (including phenoxy) is 1. The van der Waals surface area contributed by atoms with Gasteiger partial charge in [0.1, 0.15) is 0 Å². The van der Waals surface area contributed by atoms with E-state index in [1.165, 1.54) is 0 Å². The van der Waals surface area contributed by atoms with Crippen LogP contribution in [-0.2, 0) is 4.74 Å². The molecule has 0 radical (unpaired) electrons. The monoisotopic (exact) mass is 302 g/mol. The summed E-state index contributed by atoms with van der Waals surface area (Å²) in [5.74, 6) is 0.992. The number of hydrogen-bond acceptors (Lipinski definition) is 7. The average Bonchev–Trinajstić information content (AvgIpc) is 2.42. The summed E-state index contributed by atoms with van der Waals surface area (Å²) >= 11 is 5.87. The molecule has 1 aromatic rings. The van der Waals surface area contributed by atoms with E-state index in [4.69, 9.17) is 16.3 Å². The Bertz CT molecular complexity index is 392. The van der Waals surface area contributed by atoms with E-state index in [-0.39, 0.29) is 5.28 Å². The van der Waals surface area contributed by atoms with Gasteiger partial charge in [-0.15, -0.1) is 0 Å². The largest absolute Gasteiger partial charge is 0.383 e. The van der Waals surface area contributed by atoms with Crippen LogP contribution < -0.4 is 10.6 Å². The van der Waals surface area contributed by atoms with Gasteiger partial charge in [0.05, 0.1) is 6.61 Å². The summed E-state index contributed by atoms with van der Waals surface area (Å²) in [4.78, 5) is 14.5. The quantitative estimate of drug-likeness (QED) is 0.675. The van der Waals surface area contributed by atoms with E-state index in [0.717, 1.165) is 39.2 Å². The molecule has 0 amide bonds. The molecule has 0 aliphatic rings. The molecule has 0 unspecified atom stereocenters. The Kier molecular flexibility index (Phi) is 8.17. The second-order valence-electron chi connectivity index (χ2n) is 4.40. The van der Waals surface area contributed by atoms with Crippen molar-refractivity contribution < 1.29 is 4.74 Å². The van der Waals surface area contributed by atoms with Crippen LogP contribution in [0.25, 0.3) is 0 Å². The lowest BCUT2D eigenvalue weighted by Gasteiger charge is -2.16. The molecule has 114 valence electrons. The highest BCUT2D eigenvalue weighted by Gasteiger charge is 2.04. The summed E-state index contributed by atoms with van der Waals surface area (Å²) in [5.41, 5.74) is 0. The minimum absolute atomic E-state index is 0.189. The van der Waals surface area contributed by atoms with Crippen LogP contribution in [0.15, 0.2) is 0 Å². The van der Waals surface area contributed by atoms with E-state index in [1.807, 2.05) is 7.05 Å². The van der Waals surface area contributed by atoms with E-state index in [2.05, 4.69) is 37.4 Å². The summed E-state index contributed by atoms with van der Waals surface area (Å²) in [5, 5.41) is 6.42. The highest BCUT2D eigenvalue weighted by molar-refractivity contribution is 6.28. The highest BCUT2D eigenvalue weighted by Crippen LogP contribution is 2.09. The second-order valence-corrected chi connectivity index (χ2v) is 4.74. The molecule has 7 nitrogen and oxygen atoms in total. The van der Waals surface area contributed by atoms with Gasteiger partial charge in [-0.25, -0.2) is 0 Å². The standard InChI is InChI=1S/C12H23ClN6O/c1-4-5-14-11-16-10(13)17-12(18-11)15-6-7-19(2)8-9-20-3/h4-9H2,1-3H3,(H2,14,15,16,17,18). The third-order valence-corrected chi connectivity index (χ3v) is 2.76. The molecule has 0 saturated carbocycles. The maximum Gasteiger partial charge on any atom is 0.228 e. The van der Waals surface area contributed by atoms with Crippen molar-refractivity contribution in [3.63, 3.8) is 0 Å². The smallest absolute Gasteiger partial charge is 0.228 e. The fourth-order valence-corrected chi connectivity index (χ4v) is 1.62. The number of aromatic nitrogens is 3. The van der Waals surface area contributed by atoms with Gasteiger partial charge in [-0.3, -0.25) is 0 Å². The van der Waals surface area contributed by atoms with Crippen LogP contribution >= 0.6 is 11.6 Å². The van der Waals surface area contributed by atoms with Crippen LogP contribution in [0.3, 0.4) is 0 Å². The van der Waals surface area contributed by atoms with Crippen molar-refractivity contribution in [3.8, 4) is 0 Å². The molecule has 2 N–H and O–H groups in total. The molecule has 1 heterocycles. The van der Waals surface area contributed by atoms with E-state index in [0.29, 0.717) is 11.9 Å². The number of likely N-dealkylation sites (N-methyl/N-ethyl adjacent to an activating group) is 1. The molecular formula is C12H23ClN6O. The molecule has 1 aromatic heterocycles. The van der Waals surface area contributed by atoms with Crippen molar-refractivity contribution in [2.45, 2.75) is 13.3 Å². The van der Waals surface area contributed by atoms with Crippen molar-refractivity contribution in [2.24, 2.45) is 0 Å². The van der Waals surface area contributed by atoms with Gasteiger partial charge in [0.15, 0.2) is 0 Å².